The molecule has 2 heterocycles. The van der Waals surface area contributed by atoms with Crippen molar-refractivity contribution in [1.29, 1.82) is 0 Å². The molecular formula is C34H36F3N5O2. The van der Waals surface area contributed by atoms with E-state index < -0.39 is 17.3 Å². The number of hydrogen-bond donors (Lipinski definition) is 0. The number of amides is 1. The minimum atomic E-state index is -4.39. The van der Waals surface area contributed by atoms with E-state index >= 15 is 0 Å². The van der Waals surface area contributed by atoms with Gasteiger partial charge in [0.25, 0.3) is 5.91 Å². The lowest BCUT2D eigenvalue weighted by Crippen LogP contribution is -2.54. The van der Waals surface area contributed by atoms with E-state index in [0.717, 1.165) is 29.0 Å². The van der Waals surface area contributed by atoms with Crippen molar-refractivity contribution in [3.8, 4) is 0 Å². The van der Waals surface area contributed by atoms with Crippen molar-refractivity contribution in [3.63, 3.8) is 0 Å². The van der Waals surface area contributed by atoms with Gasteiger partial charge in [-0.15, -0.1) is 5.10 Å². The fourth-order valence-electron chi connectivity index (χ4n) is 5.56. The van der Waals surface area contributed by atoms with Gasteiger partial charge in [-0.2, -0.15) is 13.2 Å². The summed E-state index contributed by atoms with van der Waals surface area (Å²) in [6.07, 6.45) is -2.56. The van der Waals surface area contributed by atoms with Gasteiger partial charge in [-0.05, 0) is 75.6 Å². The SMILES string of the molecule is Cc1ccc(C(=O)c2ccccc2C(=O)N2CCN(C(C)(C)c3cn([C@@H](C)c4ccc(C(F)(F)F)cc4)nn3)CC2)cc1C. The van der Waals surface area contributed by atoms with Crippen LogP contribution in [0.1, 0.15) is 81.0 Å². The van der Waals surface area contributed by atoms with Crippen LogP contribution in [0.4, 0.5) is 13.2 Å². The summed E-state index contributed by atoms with van der Waals surface area (Å²) in [6.45, 7) is 12.0. The zero-order valence-corrected chi connectivity index (χ0v) is 25.5. The van der Waals surface area contributed by atoms with Gasteiger partial charge < -0.3 is 4.90 Å². The minimum absolute atomic E-state index is 0.174. The largest absolute Gasteiger partial charge is 0.416 e. The number of hydrogen-bond acceptors (Lipinski definition) is 5. The summed E-state index contributed by atoms with van der Waals surface area (Å²) in [5.41, 5.74) is 3.67. The molecule has 1 aliphatic rings. The Kier molecular flexibility index (Phi) is 8.49. The number of aryl methyl sites for hydroxylation is 2. The number of carbonyl (C=O) groups excluding carboxylic acids is 2. The van der Waals surface area contributed by atoms with E-state index in [2.05, 4.69) is 15.2 Å². The molecule has 1 atom stereocenters. The highest BCUT2D eigenvalue weighted by molar-refractivity contribution is 6.15. The summed E-state index contributed by atoms with van der Waals surface area (Å²) in [5, 5.41) is 8.70. The number of benzene rings is 3. The van der Waals surface area contributed by atoms with Gasteiger partial charge in [0.2, 0.25) is 0 Å². The molecule has 1 fully saturated rings. The topological polar surface area (TPSA) is 71.3 Å². The van der Waals surface area contributed by atoms with Crippen LogP contribution in [-0.4, -0.2) is 62.7 Å². The Morgan fingerprint density at radius 1 is 0.841 bits per heavy atom. The summed E-state index contributed by atoms with van der Waals surface area (Å²) in [6, 6.07) is 17.3. The number of piperazine rings is 1. The number of aromatic nitrogens is 3. The van der Waals surface area contributed by atoms with Crippen molar-refractivity contribution >= 4 is 11.7 Å². The molecular weight excluding hydrogens is 567 g/mol. The minimum Gasteiger partial charge on any atom is -0.336 e. The summed E-state index contributed by atoms with van der Waals surface area (Å²) < 4.78 is 40.6. The molecule has 4 aromatic rings. The molecule has 3 aromatic carbocycles. The van der Waals surface area contributed by atoms with Gasteiger partial charge in [0, 0.05) is 37.3 Å². The third-order valence-electron chi connectivity index (χ3n) is 8.78. The van der Waals surface area contributed by atoms with Crippen LogP contribution in [0.2, 0.25) is 0 Å². The number of alkyl halides is 3. The Bertz CT molecular complexity index is 1670. The third-order valence-corrected chi connectivity index (χ3v) is 8.78. The lowest BCUT2D eigenvalue weighted by molar-refractivity contribution is -0.137. The van der Waals surface area contributed by atoms with Crippen LogP contribution >= 0.6 is 0 Å². The van der Waals surface area contributed by atoms with Crippen LogP contribution in [0.15, 0.2) is 72.9 Å². The Balaban J connectivity index is 1.26. The van der Waals surface area contributed by atoms with Crippen molar-refractivity contribution < 1.29 is 22.8 Å². The Morgan fingerprint density at radius 3 is 2.09 bits per heavy atom. The molecule has 7 nitrogen and oxygen atoms in total. The number of rotatable bonds is 7. The van der Waals surface area contributed by atoms with E-state index in [1.54, 1.807) is 39.9 Å². The molecule has 0 N–H and O–H groups in total. The summed E-state index contributed by atoms with van der Waals surface area (Å²) >= 11 is 0. The van der Waals surface area contributed by atoms with E-state index in [9.17, 15) is 22.8 Å². The molecule has 44 heavy (non-hydrogen) atoms. The second-order valence-corrected chi connectivity index (χ2v) is 11.9. The van der Waals surface area contributed by atoms with Gasteiger partial charge in [-0.25, -0.2) is 4.68 Å². The van der Waals surface area contributed by atoms with Gasteiger partial charge in [-0.1, -0.05) is 47.7 Å². The smallest absolute Gasteiger partial charge is 0.336 e. The average molecular weight is 604 g/mol. The van der Waals surface area contributed by atoms with E-state index in [1.165, 1.54) is 12.1 Å². The predicted molar refractivity (Wildman–Crippen MR) is 162 cm³/mol. The van der Waals surface area contributed by atoms with E-state index in [0.29, 0.717) is 48.4 Å². The highest BCUT2D eigenvalue weighted by Gasteiger charge is 2.36. The molecule has 5 rings (SSSR count). The highest BCUT2D eigenvalue weighted by atomic mass is 19.4. The van der Waals surface area contributed by atoms with Gasteiger partial charge in [-0.3, -0.25) is 14.5 Å². The second kappa shape index (κ2) is 12.0. The van der Waals surface area contributed by atoms with Crippen molar-refractivity contribution in [2.75, 3.05) is 26.2 Å². The molecule has 1 amide bonds. The molecule has 1 aliphatic heterocycles. The summed E-state index contributed by atoms with van der Waals surface area (Å²) in [7, 11) is 0. The van der Waals surface area contributed by atoms with E-state index in [4.69, 9.17) is 0 Å². The van der Waals surface area contributed by atoms with E-state index in [1.807, 2.05) is 52.9 Å². The molecule has 0 radical (unpaired) electrons. The quantitative estimate of drug-likeness (QED) is 0.227. The zero-order valence-electron chi connectivity index (χ0n) is 25.5. The third kappa shape index (κ3) is 6.17. The number of halogens is 3. The molecule has 0 unspecified atom stereocenters. The fourth-order valence-corrected chi connectivity index (χ4v) is 5.56. The Hall–Kier alpha value is -4.31. The highest BCUT2D eigenvalue weighted by Crippen LogP contribution is 2.32. The maximum atomic E-state index is 13.7. The number of carbonyl (C=O) groups is 2. The first-order valence-corrected chi connectivity index (χ1v) is 14.6. The molecule has 1 saturated heterocycles. The van der Waals surface area contributed by atoms with Crippen molar-refractivity contribution in [1.82, 2.24) is 24.8 Å². The second-order valence-electron chi connectivity index (χ2n) is 11.9. The van der Waals surface area contributed by atoms with Crippen LogP contribution in [0.5, 0.6) is 0 Å². The summed E-state index contributed by atoms with van der Waals surface area (Å²) in [4.78, 5) is 31.1. The summed E-state index contributed by atoms with van der Waals surface area (Å²) in [5.74, 6) is -0.350. The zero-order chi connectivity index (χ0) is 31.8. The van der Waals surface area contributed by atoms with Crippen molar-refractivity contribution in [3.05, 3.63) is 118 Å². The standard InChI is InChI=1S/C34H36F3N5O2/c1-22-10-11-26(20-23(22)2)31(43)28-8-6-7-9-29(28)32(44)40-16-18-41(19-17-40)33(4,5)30-21-42(39-38-30)24(3)25-12-14-27(15-13-25)34(35,36)37/h6-15,20-21,24H,16-19H2,1-5H3/t24-/m0/s1. The lowest BCUT2D eigenvalue weighted by Gasteiger charge is -2.43. The van der Waals surface area contributed by atoms with Crippen LogP contribution < -0.4 is 0 Å². The maximum Gasteiger partial charge on any atom is 0.416 e. The van der Waals surface area contributed by atoms with Crippen LogP contribution in [0.3, 0.4) is 0 Å². The number of ketones is 1. The average Bonchev–Trinajstić information content (AvgIpc) is 3.52. The molecule has 230 valence electrons. The molecule has 0 bridgehead atoms. The molecule has 10 heteroatoms. The van der Waals surface area contributed by atoms with E-state index in [-0.39, 0.29) is 17.7 Å². The van der Waals surface area contributed by atoms with Gasteiger partial charge in [0.1, 0.15) is 5.69 Å². The van der Waals surface area contributed by atoms with Gasteiger partial charge in [0.05, 0.1) is 28.9 Å². The molecule has 1 aromatic heterocycles. The maximum absolute atomic E-state index is 13.7. The first-order chi connectivity index (χ1) is 20.8. The van der Waals surface area contributed by atoms with Crippen molar-refractivity contribution in [2.45, 2.75) is 52.4 Å². The van der Waals surface area contributed by atoms with Crippen molar-refractivity contribution in [2.24, 2.45) is 0 Å². The molecule has 0 spiro atoms. The lowest BCUT2D eigenvalue weighted by atomic mass is 9.95. The normalized spacial score (nSPS) is 15.3. The fraction of sp³-hybridized carbons (Fsp3) is 0.353. The monoisotopic (exact) mass is 603 g/mol. The molecule has 0 aliphatic carbocycles. The predicted octanol–water partition coefficient (Wildman–Crippen LogP) is 6.45. The van der Waals surface area contributed by atoms with Crippen LogP contribution in [0.25, 0.3) is 0 Å². The Morgan fingerprint density at radius 2 is 1.48 bits per heavy atom. The van der Waals surface area contributed by atoms with Gasteiger partial charge in [0.15, 0.2) is 5.78 Å². The Labute approximate surface area is 255 Å². The first kappa shape index (κ1) is 31.1. The first-order valence-electron chi connectivity index (χ1n) is 14.6. The van der Waals surface area contributed by atoms with Crippen LogP contribution in [0, 0.1) is 13.8 Å². The van der Waals surface area contributed by atoms with Gasteiger partial charge >= 0.3 is 6.18 Å². The molecule has 0 saturated carbocycles. The number of nitrogens with zero attached hydrogens (tertiary/aromatic N) is 5. The van der Waals surface area contributed by atoms with Crippen LogP contribution in [-0.2, 0) is 11.7 Å².